The van der Waals surface area contributed by atoms with Crippen molar-refractivity contribution in [3.63, 3.8) is 0 Å². The smallest absolute Gasteiger partial charge is 0.148 e. The van der Waals surface area contributed by atoms with Gasteiger partial charge in [-0.1, -0.05) is 6.92 Å². The molecule has 0 spiro atoms. The van der Waals surface area contributed by atoms with E-state index in [0.29, 0.717) is 0 Å². The standard InChI is InChI=1S/C6H15NO2S/c1-4-7-6(2)5-10(3,8)9/h6-7H,4-5H2,1-3H3. The molecule has 0 amide bonds. The first-order valence-electron chi connectivity index (χ1n) is 3.37. The number of hydrogen-bond donors (Lipinski definition) is 1. The average Bonchev–Trinajstić information content (AvgIpc) is 1.59. The molecule has 10 heavy (non-hydrogen) atoms. The Morgan fingerprint density at radius 2 is 2.00 bits per heavy atom. The molecule has 0 bridgehead atoms. The zero-order valence-corrected chi connectivity index (χ0v) is 7.53. The highest BCUT2D eigenvalue weighted by molar-refractivity contribution is 7.90. The molecule has 1 N–H and O–H groups in total. The number of rotatable bonds is 4. The van der Waals surface area contributed by atoms with Crippen LogP contribution in [0.3, 0.4) is 0 Å². The predicted molar refractivity (Wildman–Crippen MR) is 42.8 cm³/mol. The van der Waals surface area contributed by atoms with Gasteiger partial charge in [0, 0.05) is 12.3 Å². The van der Waals surface area contributed by atoms with Crippen molar-refractivity contribution in [3.05, 3.63) is 0 Å². The van der Waals surface area contributed by atoms with Crippen molar-refractivity contribution in [2.24, 2.45) is 0 Å². The molecule has 0 aromatic carbocycles. The Labute approximate surface area is 62.7 Å². The van der Waals surface area contributed by atoms with Crippen LogP contribution in [-0.4, -0.2) is 33.0 Å². The van der Waals surface area contributed by atoms with Crippen LogP contribution in [0.1, 0.15) is 13.8 Å². The molecule has 62 valence electrons. The summed E-state index contributed by atoms with van der Waals surface area (Å²) < 4.78 is 21.4. The second kappa shape index (κ2) is 3.93. The SMILES string of the molecule is CCNC(C)CS(C)(=O)=O. The van der Waals surface area contributed by atoms with E-state index in [0.717, 1.165) is 6.54 Å². The fourth-order valence-corrected chi connectivity index (χ4v) is 1.89. The van der Waals surface area contributed by atoms with Crippen LogP contribution in [0.4, 0.5) is 0 Å². The minimum absolute atomic E-state index is 0.0694. The van der Waals surface area contributed by atoms with Crippen LogP contribution in [0.25, 0.3) is 0 Å². The molecule has 3 nitrogen and oxygen atoms in total. The number of nitrogens with one attached hydrogen (secondary N) is 1. The molecule has 0 radical (unpaired) electrons. The summed E-state index contributed by atoms with van der Waals surface area (Å²) in [5.41, 5.74) is 0. The van der Waals surface area contributed by atoms with Gasteiger partial charge in [0.05, 0.1) is 5.75 Å². The van der Waals surface area contributed by atoms with Gasteiger partial charge >= 0.3 is 0 Å². The van der Waals surface area contributed by atoms with E-state index in [1.54, 1.807) is 0 Å². The van der Waals surface area contributed by atoms with Gasteiger partial charge in [-0.2, -0.15) is 0 Å². The molecule has 0 aliphatic heterocycles. The van der Waals surface area contributed by atoms with E-state index >= 15 is 0 Å². The molecule has 1 unspecified atom stereocenters. The Morgan fingerprint density at radius 1 is 1.50 bits per heavy atom. The topological polar surface area (TPSA) is 46.2 Å². The van der Waals surface area contributed by atoms with Crippen molar-refractivity contribution in [1.82, 2.24) is 5.32 Å². The molecule has 0 aliphatic rings. The number of hydrogen-bond acceptors (Lipinski definition) is 3. The highest BCUT2D eigenvalue weighted by Crippen LogP contribution is 1.88. The van der Waals surface area contributed by atoms with E-state index < -0.39 is 9.84 Å². The molecule has 1 atom stereocenters. The molecule has 4 heteroatoms. The first kappa shape index (κ1) is 9.91. The van der Waals surface area contributed by atoms with Crippen LogP contribution in [0.2, 0.25) is 0 Å². The van der Waals surface area contributed by atoms with E-state index in [-0.39, 0.29) is 11.8 Å². The number of sulfone groups is 1. The van der Waals surface area contributed by atoms with Gasteiger partial charge in [-0.15, -0.1) is 0 Å². The van der Waals surface area contributed by atoms with Gasteiger partial charge in [0.15, 0.2) is 0 Å². The van der Waals surface area contributed by atoms with E-state index in [1.807, 2.05) is 13.8 Å². The van der Waals surface area contributed by atoms with Gasteiger partial charge in [0.1, 0.15) is 9.84 Å². The highest BCUT2D eigenvalue weighted by atomic mass is 32.2. The minimum atomic E-state index is -2.81. The third-order valence-electron chi connectivity index (χ3n) is 1.11. The Kier molecular flexibility index (Phi) is 3.89. The molecular formula is C6H15NO2S. The third-order valence-corrected chi connectivity index (χ3v) is 2.21. The van der Waals surface area contributed by atoms with Gasteiger partial charge in [0.25, 0.3) is 0 Å². The van der Waals surface area contributed by atoms with Crippen LogP contribution >= 0.6 is 0 Å². The van der Waals surface area contributed by atoms with E-state index in [2.05, 4.69) is 5.32 Å². The fourth-order valence-electron chi connectivity index (χ4n) is 0.862. The van der Waals surface area contributed by atoms with E-state index in [1.165, 1.54) is 6.26 Å². The van der Waals surface area contributed by atoms with Crippen molar-refractivity contribution in [3.8, 4) is 0 Å². The Bertz CT molecular complexity index is 174. The molecule has 0 fully saturated rings. The van der Waals surface area contributed by atoms with Crippen molar-refractivity contribution in [1.29, 1.82) is 0 Å². The second-order valence-electron chi connectivity index (χ2n) is 2.55. The molecule has 0 aromatic heterocycles. The van der Waals surface area contributed by atoms with Crippen molar-refractivity contribution < 1.29 is 8.42 Å². The highest BCUT2D eigenvalue weighted by Gasteiger charge is 2.07. The molecule has 0 aromatic rings. The summed E-state index contributed by atoms with van der Waals surface area (Å²) in [5.74, 6) is 0.223. The Morgan fingerprint density at radius 3 is 2.30 bits per heavy atom. The van der Waals surface area contributed by atoms with Gasteiger partial charge in [-0.05, 0) is 13.5 Å². The first-order chi connectivity index (χ1) is 4.45. The van der Waals surface area contributed by atoms with Gasteiger partial charge in [-0.25, -0.2) is 8.42 Å². The monoisotopic (exact) mass is 165 g/mol. The summed E-state index contributed by atoms with van der Waals surface area (Å²) in [6, 6.07) is 0.0694. The van der Waals surface area contributed by atoms with E-state index in [4.69, 9.17) is 0 Å². The third kappa shape index (κ3) is 6.04. The summed E-state index contributed by atoms with van der Waals surface area (Å²) in [4.78, 5) is 0. The quantitative estimate of drug-likeness (QED) is 0.639. The van der Waals surface area contributed by atoms with Gasteiger partial charge in [-0.3, -0.25) is 0 Å². The first-order valence-corrected chi connectivity index (χ1v) is 5.43. The summed E-state index contributed by atoms with van der Waals surface area (Å²) in [5, 5.41) is 3.02. The Balaban J connectivity index is 3.69. The maximum absolute atomic E-state index is 10.7. The molecule has 0 saturated carbocycles. The fraction of sp³-hybridized carbons (Fsp3) is 1.00. The maximum atomic E-state index is 10.7. The lowest BCUT2D eigenvalue weighted by Crippen LogP contribution is -2.32. The van der Waals surface area contributed by atoms with Crippen molar-refractivity contribution in [2.45, 2.75) is 19.9 Å². The second-order valence-corrected chi connectivity index (χ2v) is 4.74. The summed E-state index contributed by atoms with van der Waals surface area (Å²) >= 11 is 0. The molecule has 0 heterocycles. The molecular weight excluding hydrogens is 150 g/mol. The van der Waals surface area contributed by atoms with Crippen LogP contribution < -0.4 is 5.32 Å². The van der Waals surface area contributed by atoms with Crippen molar-refractivity contribution in [2.75, 3.05) is 18.6 Å². The van der Waals surface area contributed by atoms with Gasteiger partial charge < -0.3 is 5.32 Å². The summed E-state index contributed by atoms with van der Waals surface area (Å²) in [6.07, 6.45) is 1.25. The zero-order valence-electron chi connectivity index (χ0n) is 6.72. The maximum Gasteiger partial charge on any atom is 0.148 e. The molecule has 0 saturated heterocycles. The minimum Gasteiger partial charge on any atom is -0.314 e. The Hall–Kier alpha value is -0.0900. The van der Waals surface area contributed by atoms with Crippen LogP contribution in [0.5, 0.6) is 0 Å². The zero-order chi connectivity index (χ0) is 8.20. The van der Waals surface area contributed by atoms with Crippen LogP contribution in [-0.2, 0) is 9.84 Å². The van der Waals surface area contributed by atoms with E-state index in [9.17, 15) is 8.42 Å². The molecule has 0 rings (SSSR count). The lowest BCUT2D eigenvalue weighted by Gasteiger charge is -2.09. The van der Waals surface area contributed by atoms with Crippen LogP contribution in [0.15, 0.2) is 0 Å². The van der Waals surface area contributed by atoms with Crippen LogP contribution in [0, 0.1) is 0 Å². The van der Waals surface area contributed by atoms with Crippen molar-refractivity contribution >= 4 is 9.84 Å². The summed E-state index contributed by atoms with van der Waals surface area (Å²) in [7, 11) is -2.81. The predicted octanol–water partition coefficient (Wildman–Crippen LogP) is 0.0290. The average molecular weight is 165 g/mol. The van der Waals surface area contributed by atoms with Gasteiger partial charge in [0.2, 0.25) is 0 Å². The summed E-state index contributed by atoms with van der Waals surface area (Å²) in [6.45, 7) is 4.64. The lowest BCUT2D eigenvalue weighted by molar-refractivity contribution is 0.571. The lowest BCUT2D eigenvalue weighted by atomic mass is 10.4. The molecule has 0 aliphatic carbocycles. The largest absolute Gasteiger partial charge is 0.314 e. The normalized spacial score (nSPS) is 15.1.